The van der Waals surface area contributed by atoms with E-state index in [-0.39, 0.29) is 5.57 Å². The van der Waals surface area contributed by atoms with E-state index >= 15 is 0 Å². The van der Waals surface area contributed by atoms with Crippen molar-refractivity contribution >= 4 is 49.5 Å². The number of hydrogen-bond acceptors (Lipinski definition) is 2. The number of aromatic nitrogens is 1. The molecule has 1 amide bonds. The number of nitrogens with zero attached hydrogens (tertiary/aromatic N) is 2. The minimum absolute atomic E-state index is 0.0546. The van der Waals surface area contributed by atoms with E-state index in [1.807, 2.05) is 62.4 Å². The number of nitrogens with one attached hydrogen (secondary N) is 1. The van der Waals surface area contributed by atoms with Crippen molar-refractivity contribution in [2.24, 2.45) is 0 Å². The zero-order valence-corrected chi connectivity index (χ0v) is 18.5. The number of rotatable bonds is 4. The first-order valence-corrected chi connectivity index (χ1v) is 10.1. The highest BCUT2D eigenvalue weighted by molar-refractivity contribution is 9.10. The Labute approximate surface area is 180 Å². The molecule has 0 saturated carbocycles. The van der Waals surface area contributed by atoms with Crippen LogP contribution in [0.2, 0.25) is 0 Å². The van der Waals surface area contributed by atoms with Crippen molar-refractivity contribution in [1.82, 2.24) is 4.57 Å². The predicted octanol–water partition coefficient (Wildman–Crippen LogP) is 6.16. The van der Waals surface area contributed by atoms with Crippen molar-refractivity contribution in [1.29, 1.82) is 5.26 Å². The van der Waals surface area contributed by atoms with Gasteiger partial charge in [-0.1, -0.05) is 31.9 Å². The molecule has 3 aromatic rings. The molecule has 1 N–H and O–H groups in total. The molecule has 0 fully saturated rings. The summed E-state index contributed by atoms with van der Waals surface area (Å²) < 4.78 is 4.03. The van der Waals surface area contributed by atoms with Gasteiger partial charge in [-0.25, -0.2) is 0 Å². The van der Waals surface area contributed by atoms with Gasteiger partial charge in [0.2, 0.25) is 0 Å². The Hall–Kier alpha value is -2.62. The van der Waals surface area contributed by atoms with Crippen LogP contribution in [-0.4, -0.2) is 10.5 Å². The van der Waals surface area contributed by atoms with Crippen LogP contribution in [0.3, 0.4) is 0 Å². The first-order chi connectivity index (χ1) is 13.4. The Bertz CT molecular complexity index is 1090. The molecule has 0 atom stereocenters. The second kappa shape index (κ2) is 8.59. The van der Waals surface area contributed by atoms with E-state index in [9.17, 15) is 10.1 Å². The number of carbonyl (C=O) groups is 1. The third-order valence-corrected chi connectivity index (χ3v) is 5.38. The number of anilines is 1. The second-order valence-electron chi connectivity index (χ2n) is 6.27. The third-order valence-electron chi connectivity index (χ3n) is 4.32. The summed E-state index contributed by atoms with van der Waals surface area (Å²) in [6.07, 6.45) is 1.63. The van der Waals surface area contributed by atoms with Gasteiger partial charge in [0.1, 0.15) is 11.6 Å². The maximum Gasteiger partial charge on any atom is 0.266 e. The quantitative estimate of drug-likeness (QED) is 0.345. The molecule has 0 bridgehead atoms. The monoisotopic (exact) mass is 497 g/mol. The minimum Gasteiger partial charge on any atom is -0.321 e. The highest BCUT2D eigenvalue weighted by Gasteiger charge is 2.14. The zero-order valence-electron chi connectivity index (χ0n) is 15.3. The fraction of sp³-hybridized carbons (Fsp3) is 0.0909. The van der Waals surface area contributed by atoms with Gasteiger partial charge in [-0.05, 0) is 80.1 Å². The van der Waals surface area contributed by atoms with Crippen molar-refractivity contribution in [2.45, 2.75) is 13.8 Å². The topological polar surface area (TPSA) is 57.8 Å². The fourth-order valence-electron chi connectivity index (χ4n) is 2.96. The molecular formula is C22H17Br2N3O. The SMILES string of the molecule is Cc1cc(/C=C(\C#N)C(=O)Nc2ccc(Br)cc2)c(C)n1-c1ccc(Br)cc1. The Morgan fingerprint density at radius 1 is 1.04 bits per heavy atom. The molecule has 0 radical (unpaired) electrons. The summed E-state index contributed by atoms with van der Waals surface area (Å²) in [7, 11) is 0. The molecule has 2 aromatic carbocycles. The van der Waals surface area contributed by atoms with Gasteiger partial charge < -0.3 is 9.88 Å². The number of aryl methyl sites for hydroxylation is 1. The van der Waals surface area contributed by atoms with E-state index in [2.05, 4.69) is 41.7 Å². The van der Waals surface area contributed by atoms with Crippen molar-refractivity contribution in [3.63, 3.8) is 0 Å². The van der Waals surface area contributed by atoms with Gasteiger partial charge in [-0.15, -0.1) is 0 Å². The van der Waals surface area contributed by atoms with Crippen LogP contribution < -0.4 is 5.32 Å². The van der Waals surface area contributed by atoms with E-state index in [0.717, 1.165) is 31.6 Å². The lowest BCUT2D eigenvalue weighted by Gasteiger charge is -2.09. The molecule has 28 heavy (non-hydrogen) atoms. The Balaban J connectivity index is 1.91. The minimum atomic E-state index is -0.432. The van der Waals surface area contributed by atoms with Gasteiger partial charge in [-0.2, -0.15) is 5.26 Å². The van der Waals surface area contributed by atoms with Gasteiger partial charge in [0, 0.05) is 31.7 Å². The van der Waals surface area contributed by atoms with Gasteiger partial charge in [0.05, 0.1) is 0 Å². The van der Waals surface area contributed by atoms with Gasteiger partial charge in [0.25, 0.3) is 5.91 Å². The molecule has 4 nitrogen and oxygen atoms in total. The van der Waals surface area contributed by atoms with Crippen LogP contribution >= 0.6 is 31.9 Å². The van der Waals surface area contributed by atoms with Crippen LogP contribution in [0.1, 0.15) is 17.0 Å². The fourth-order valence-corrected chi connectivity index (χ4v) is 3.49. The maximum absolute atomic E-state index is 12.5. The van der Waals surface area contributed by atoms with Crippen molar-refractivity contribution in [2.75, 3.05) is 5.32 Å². The van der Waals surface area contributed by atoms with E-state index in [0.29, 0.717) is 5.69 Å². The molecule has 1 heterocycles. The molecule has 6 heteroatoms. The van der Waals surface area contributed by atoms with Gasteiger partial charge in [0.15, 0.2) is 0 Å². The van der Waals surface area contributed by atoms with Gasteiger partial charge in [-0.3, -0.25) is 4.79 Å². The molecule has 0 unspecified atom stereocenters. The third kappa shape index (κ3) is 4.44. The lowest BCUT2D eigenvalue weighted by molar-refractivity contribution is -0.112. The van der Waals surface area contributed by atoms with Crippen molar-refractivity contribution < 1.29 is 4.79 Å². The number of halogens is 2. The molecule has 0 saturated heterocycles. The normalized spacial score (nSPS) is 11.2. The molecule has 0 aliphatic heterocycles. The second-order valence-corrected chi connectivity index (χ2v) is 8.10. The van der Waals surface area contributed by atoms with E-state index < -0.39 is 5.91 Å². The highest BCUT2D eigenvalue weighted by atomic mass is 79.9. The summed E-state index contributed by atoms with van der Waals surface area (Å²) >= 11 is 6.80. The molecule has 0 aliphatic carbocycles. The number of benzene rings is 2. The summed E-state index contributed by atoms with van der Waals surface area (Å²) in [6, 6.07) is 19.2. The lowest BCUT2D eigenvalue weighted by Crippen LogP contribution is -2.13. The van der Waals surface area contributed by atoms with Crippen LogP contribution in [0.5, 0.6) is 0 Å². The van der Waals surface area contributed by atoms with Crippen molar-refractivity contribution in [3.05, 3.63) is 86.1 Å². The first-order valence-electron chi connectivity index (χ1n) is 8.52. The summed E-state index contributed by atoms with van der Waals surface area (Å²) in [5.74, 6) is -0.432. The molecule has 0 spiro atoms. The smallest absolute Gasteiger partial charge is 0.266 e. The zero-order chi connectivity index (χ0) is 20.3. The van der Waals surface area contributed by atoms with Crippen LogP contribution in [0.4, 0.5) is 5.69 Å². The highest BCUT2D eigenvalue weighted by Crippen LogP contribution is 2.24. The first kappa shape index (κ1) is 20.1. The summed E-state index contributed by atoms with van der Waals surface area (Å²) in [6.45, 7) is 3.98. The number of nitriles is 1. The molecule has 1 aromatic heterocycles. The van der Waals surface area contributed by atoms with Gasteiger partial charge >= 0.3 is 0 Å². The Kier molecular flexibility index (Phi) is 6.18. The lowest BCUT2D eigenvalue weighted by atomic mass is 10.1. The Morgan fingerprint density at radius 2 is 1.61 bits per heavy atom. The van der Waals surface area contributed by atoms with E-state index in [4.69, 9.17) is 0 Å². The molecular weight excluding hydrogens is 482 g/mol. The van der Waals surface area contributed by atoms with Crippen LogP contribution in [0.25, 0.3) is 11.8 Å². The molecule has 140 valence electrons. The number of carbonyl (C=O) groups excluding carboxylic acids is 1. The summed E-state index contributed by atoms with van der Waals surface area (Å²) in [5, 5.41) is 12.3. The van der Waals surface area contributed by atoms with Crippen LogP contribution in [0, 0.1) is 25.2 Å². The van der Waals surface area contributed by atoms with Crippen LogP contribution in [0.15, 0.2) is 69.1 Å². The van der Waals surface area contributed by atoms with Crippen molar-refractivity contribution in [3.8, 4) is 11.8 Å². The molecule has 0 aliphatic rings. The average Bonchev–Trinajstić information content (AvgIpc) is 2.95. The maximum atomic E-state index is 12.5. The molecule has 3 rings (SSSR count). The summed E-state index contributed by atoms with van der Waals surface area (Å²) in [5.41, 5.74) is 4.54. The average molecular weight is 499 g/mol. The van der Waals surface area contributed by atoms with Crippen LogP contribution in [-0.2, 0) is 4.79 Å². The largest absolute Gasteiger partial charge is 0.321 e. The predicted molar refractivity (Wildman–Crippen MR) is 119 cm³/mol. The van der Waals surface area contributed by atoms with E-state index in [1.54, 1.807) is 18.2 Å². The standard InChI is InChI=1S/C22H17Br2N3O/c1-14-11-16(15(2)27(14)21-9-5-19(24)6-10-21)12-17(13-25)22(28)26-20-7-3-18(23)4-8-20/h3-12H,1-2H3,(H,26,28)/b17-12+. The Morgan fingerprint density at radius 3 is 2.18 bits per heavy atom. The van der Waals surface area contributed by atoms with E-state index in [1.165, 1.54) is 0 Å². The number of hydrogen-bond donors (Lipinski definition) is 1. The number of amides is 1. The summed E-state index contributed by atoms with van der Waals surface area (Å²) in [4.78, 5) is 12.5.